The molecule has 3 aromatic rings. The molecule has 0 bridgehead atoms. The lowest BCUT2D eigenvalue weighted by Crippen LogP contribution is -2.23. The number of rotatable bonds is 6. The number of nitrogens with zero attached hydrogens (tertiary/aromatic N) is 2. The van der Waals surface area contributed by atoms with Crippen molar-refractivity contribution in [3.8, 4) is 0 Å². The number of pyridine rings is 1. The number of aromatic nitrogens is 1. The predicted molar refractivity (Wildman–Crippen MR) is 111 cm³/mol. The molecule has 3 heteroatoms. The SMILES string of the molecule is CCN(CC)c1cc(CCc2cccc3ccccc23)ncc1C.Cl. The van der Waals surface area contributed by atoms with Crippen LogP contribution >= 0.6 is 12.4 Å². The lowest BCUT2D eigenvalue weighted by atomic mass is 10.00. The van der Waals surface area contributed by atoms with Gasteiger partial charge in [-0.1, -0.05) is 42.5 Å². The number of fused-ring (bicyclic) bond motifs is 1. The first kappa shape index (κ1) is 19.3. The molecule has 0 amide bonds. The van der Waals surface area contributed by atoms with E-state index in [-0.39, 0.29) is 12.4 Å². The molecule has 0 aliphatic rings. The first-order valence-corrected chi connectivity index (χ1v) is 8.90. The Hall–Kier alpha value is -2.06. The summed E-state index contributed by atoms with van der Waals surface area (Å²) in [6.07, 6.45) is 4.02. The van der Waals surface area contributed by atoms with Gasteiger partial charge >= 0.3 is 0 Å². The molecule has 1 heterocycles. The smallest absolute Gasteiger partial charge is 0.0429 e. The van der Waals surface area contributed by atoms with Crippen LogP contribution in [0.2, 0.25) is 0 Å². The average molecular weight is 355 g/mol. The van der Waals surface area contributed by atoms with Gasteiger partial charge in [-0.05, 0) is 61.6 Å². The van der Waals surface area contributed by atoms with Crippen LogP contribution in [0.3, 0.4) is 0 Å². The zero-order chi connectivity index (χ0) is 16.9. The Kier molecular flexibility index (Phi) is 6.83. The highest BCUT2D eigenvalue weighted by atomic mass is 35.5. The quantitative estimate of drug-likeness (QED) is 0.573. The van der Waals surface area contributed by atoms with Crippen molar-refractivity contribution in [2.45, 2.75) is 33.6 Å². The van der Waals surface area contributed by atoms with Crippen LogP contribution in [0.15, 0.2) is 54.7 Å². The predicted octanol–water partition coefficient (Wildman–Crippen LogP) is 5.60. The zero-order valence-corrected chi connectivity index (χ0v) is 16.1. The fourth-order valence-electron chi connectivity index (χ4n) is 3.37. The van der Waals surface area contributed by atoms with Gasteiger partial charge in [-0.25, -0.2) is 0 Å². The number of hydrogen-bond acceptors (Lipinski definition) is 2. The van der Waals surface area contributed by atoms with Crippen molar-refractivity contribution >= 4 is 28.9 Å². The van der Waals surface area contributed by atoms with Crippen molar-refractivity contribution in [3.63, 3.8) is 0 Å². The van der Waals surface area contributed by atoms with E-state index in [2.05, 4.69) is 79.2 Å². The highest BCUT2D eigenvalue weighted by Crippen LogP contribution is 2.23. The number of anilines is 1. The first-order chi connectivity index (χ1) is 11.7. The van der Waals surface area contributed by atoms with Gasteiger partial charge < -0.3 is 4.90 Å². The molecule has 0 unspecified atom stereocenters. The van der Waals surface area contributed by atoms with Gasteiger partial charge in [0.2, 0.25) is 0 Å². The van der Waals surface area contributed by atoms with Crippen LogP contribution in [-0.2, 0) is 12.8 Å². The van der Waals surface area contributed by atoms with Gasteiger partial charge in [0.15, 0.2) is 0 Å². The molecule has 132 valence electrons. The first-order valence-electron chi connectivity index (χ1n) is 8.90. The maximum absolute atomic E-state index is 4.66. The van der Waals surface area contributed by atoms with Crippen LogP contribution in [0.4, 0.5) is 5.69 Å². The Morgan fingerprint density at radius 1 is 0.920 bits per heavy atom. The lowest BCUT2D eigenvalue weighted by molar-refractivity contribution is 0.848. The third-order valence-electron chi connectivity index (χ3n) is 4.77. The van der Waals surface area contributed by atoms with Crippen LogP contribution in [0.5, 0.6) is 0 Å². The molecule has 0 saturated carbocycles. The number of benzene rings is 2. The van der Waals surface area contributed by atoms with Gasteiger partial charge in [-0.3, -0.25) is 4.98 Å². The van der Waals surface area contributed by atoms with Gasteiger partial charge in [0.05, 0.1) is 0 Å². The molecular weight excluding hydrogens is 328 g/mol. The van der Waals surface area contributed by atoms with Crippen LogP contribution in [-0.4, -0.2) is 18.1 Å². The van der Waals surface area contributed by atoms with Crippen molar-refractivity contribution in [1.29, 1.82) is 0 Å². The Bertz CT molecular complexity index is 820. The minimum absolute atomic E-state index is 0. The normalized spacial score (nSPS) is 10.5. The minimum atomic E-state index is 0. The van der Waals surface area contributed by atoms with E-state index in [1.54, 1.807) is 0 Å². The molecule has 2 nitrogen and oxygen atoms in total. The monoisotopic (exact) mass is 354 g/mol. The van der Waals surface area contributed by atoms with Crippen molar-refractivity contribution in [2.24, 2.45) is 0 Å². The van der Waals surface area contributed by atoms with Gasteiger partial charge in [-0.15, -0.1) is 12.4 Å². The molecule has 0 spiro atoms. The second-order valence-corrected chi connectivity index (χ2v) is 6.27. The molecule has 0 aliphatic carbocycles. The summed E-state index contributed by atoms with van der Waals surface area (Å²) in [5.41, 5.74) is 5.16. The largest absolute Gasteiger partial charge is 0.372 e. The van der Waals surface area contributed by atoms with Crippen LogP contribution in [0.25, 0.3) is 10.8 Å². The summed E-state index contributed by atoms with van der Waals surface area (Å²) < 4.78 is 0. The fraction of sp³-hybridized carbons (Fsp3) is 0.318. The molecule has 1 aromatic heterocycles. The third-order valence-corrected chi connectivity index (χ3v) is 4.77. The Balaban J connectivity index is 0.00000225. The van der Waals surface area contributed by atoms with E-state index in [0.717, 1.165) is 25.9 Å². The molecule has 0 aliphatic heterocycles. The summed E-state index contributed by atoms with van der Waals surface area (Å²) in [5, 5.41) is 2.67. The summed E-state index contributed by atoms with van der Waals surface area (Å²) in [5.74, 6) is 0. The summed E-state index contributed by atoms with van der Waals surface area (Å²) >= 11 is 0. The fourth-order valence-corrected chi connectivity index (χ4v) is 3.37. The molecule has 3 rings (SSSR count). The molecule has 0 saturated heterocycles. The summed E-state index contributed by atoms with van der Waals surface area (Å²) in [7, 11) is 0. The highest BCUT2D eigenvalue weighted by molar-refractivity contribution is 5.86. The summed E-state index contributed by atoms with van der Waals surface area (Å²) in [4.78, 5) is 7.06. The maximum atomic E-state index is 4.66. The third kappa shape index (κ3) is 4.32. The van der Waals surface area contributed by atoms with Crippen LogP contribution in [0, 0.1) is 6.92 Å². The molecule has 0 N–H and O–H groups in total. The molecule has 0 fully saturated rings. The van der Waals surface area contributed by atoms with Crippen molar-refractivity contribution in [3.05, 3.63) is 71.5 Å². The van der Waals surface area contributed by atoms with Gasteiger partial charge in [0.1, 0.15) is 0 Å². The molecule has 0 atom stereocenters. The van der Waals surface area contributed by atoms with Crippen LogP contribution in [0.1, 0.15) is 30.7 Å². The number of hydrogen-bond donors (Lipinski definition) is 0. The van der Waals surface area contributed by atoms with Gasteiger partial charge in [0, 0.05) is 30.7 Å². The van der Waals surface area contributed by atoms with Crippen molar-refractivity contribution in [1.82, 2.24) is 4.98 Å². The van der Waals surface area contributed by atoms with Crippen LogP contribution < -0.4 is 4.90 Å². The maximum Gasteiger partial charge on any atom is 0.0429 e. The van der Waals surface area contributed by atoms with Gasteiger partial charge in [0.25, 0.3) is 0 Å². The average Bonchev–Trinajstić information content (AvgIpc) is 2.63. The molecule has 0 radical (unpaired) electrons. The summed E-state index contributed by atoms with van der Waals surface area (Å²) in [6, 6.07) is 17.5. The highest BCUT2D eigenvalue weighted by Gasteiger charge is 2.08. The second-order valence-electron chi connectivity index (χ2n) is 6.27. The van der Waals surface area contributed by atoms with E-state index in [1.165, 1.54) is 33.3 Å². The van der Waals surface area contributed by atoms with Crippen molar-refractivity contribution in [2.75, 3.05) is 18.0 Å². The minimum Gasteiger partial charge on any atom is -0.372 e. The van der Waals surface area contributed by atoms with E-state index in [9.17, 15) is 0 Å². The van der Waals surface area contributed by atoms with E-state index in [0.29, 0.717) is 0 Å². The zero-order valence-electron chi connectivity index (χ0n) is 15.3. The number of aryl methyl sites for hydroxylation is 3. The second kappa shape index (κ2) is 8.87. The Morgan fingerprint density at radius 3 is 2.40 bits per heavy atom. The van der Waals surface area contributed by atoms with E-state index in [1.807, 2.05) is 6.20 Å². The molecular formula is C22H27ClN2. The standard InChI is InChI=1S/C22H26N2.ClH/c1-4-24(5-2)22-15-20(23-16-17(22)3)14-13-19-11-8-10-18-9-6-7-12-21(18)19;/h6-12,15-16H,4-5,13-14H2,1-3H3;1H. The Labute approximate surface area is 157 Å². The van der Waals surface area contributed by atoms with Gasteiger partial charge in [-0.2, -0.15) is 0 Å². The molecule has 25 heavy (non-hydrogen) atoms. The molecule has 2 aromatic carbocycles. The van der Waals surface area contributed by atoms with Crippen molar-refractivity contribution < 1.29 is 0 Å². The summed E-state index contributed by atoms with van der Waals surface area (Å²) in [6.45, 7) is 8.63. The van der Waals surface area contributed by atoms with E-state index >= 15 is 0 Å². The number of halogens is 1. The topological polar surface area (TPSA) is 16.1 Å². The lowest BCUT2D eigenvalue weighted by Gasteiger charge is -2.23. The van der Waals surface area contributed by atoms with E-state index in [4.69, 9.17) is 0 Å². The Morgan fingerprint density at radius 2 is 1.64 bits per heavy atom. The van der Waals surface area contributed by atoms with E-state index < -0.39 is 0 Å².